The van der Waals surface area contributed by atoms with E-state index < -0.39 is 17.7 Å². The van der Waals surface area contributed by atoms with Crippen molar-refractivity contribution >= 4 is 11.6 Å². The lowest BCUT2D eigenvalue weighted by Crippen LogP contribution is -2.20. The van der Waals surface area contributed by atoms with Gasteiger partial charge in [-0.3, -0.25) is 4.79 Å². The highest BCUT2D eigenvalue weighted by molar-refractivity contribution is 6.03. The number of nitrogens with one attached hydrogen (secondary N) is 1. The molecule has 1 aliphatic rings. The molecule has 2 nitrogen and oxygen atoms in total. The molecular formula is C16H20F3NO. The largest absolute Gasteiger partial charge is 0.416 e. The van der Waals surface area contributed by atoms with Crippen LogP contribution in [0, 0.1) is 5.92 Å². The predicted octanol–water partition coefficient (Wildman–Crippen LogP) is 4.96. The van der Waals surface area contributed by atoms with Crippen LogP contribution in [-0.2, 0) is 11.0 Å². The summed E-state index contributed by atoms with van der Waals surface area (Å²) >= 11 is 0. The molecule has 21 heavy (non-hydrogen) atoms. The van der Waals surface area contributed by atoms with Crippen LogP contribution < -0.4 is 5.32 Å². The lowest BCUT2D eigenvalue weighted by molar-refractivity contribution is -0.137. The normalized spacial score (nSPS) is 19.3. The predicted molar refractivity (Wildman–Crippen MR) is 76.1 cm³/mol. The maximum Gasteiger partial charge on any atom is 0.416 e. The Balaban J connectivity index is 2.36. The second-order valence-corrected chi connectivity index (χ2v) is 5.58. The van der Waals surface area contributed by atoms with Crippen LogP contribution in [-0.4, -0.2) is 5.91 Å². The smallest absolute Gasteiger partial charge is 0.325 e. The number of benzene rings is 1. The molecular weight excluding hydrogens is 279 g/mol. The first kappa shape index (κ1) is 15.9. The number of hydrogen-bond donors (Lipinski definition) is 1. The Kier molecular flexibility index (Phi) is 4.59. The summed E-state index contributed by atoms with van der Waals surface area (Å²) < 4.78 is 38.6. The van der Waals surface area contributed by atoms with Gasteiger partial charge in [0.1, 0.15) is 0 Å². The van der Waals surface area contributed by atoms with Crippen LogP contribution in [0.2, 0.25) is 0 Å². The summed E-state index contributed by atoms with van der Waals surface area (Å²) in [5.74, 6) is -0.541. The van der Waals surface area contributed by atoms with Gasteiger partial charge in [0.15, 0.2) is 0 Å². The summed E-state index contributed by atoms with van der Waals surface area (Å²) in [5.41, 5.74) is 0.332. The van der Waals surface area contributed by atoms with E-state index in [0.717, 1.165) is 37.8 Å². The number of carbonyl (C=O) groups is 1. The molecule has 0 bridgehead atoms. The number of hydrogen-bond acceptors (Lipinski definition) is 1. The highest BCUT2D eigenvalue weighted by Crippen LogP contribution is 2.43. The molecule has 0 aliphatic carbocycles. The molecule has 116 valence electrons. The highest BCUT2D eigenvalue weighted by Gasteiger charge is 2.38. The van der Waals surface area contributed by atoms with E-state index >= 15 is 0 Å². The van der Waals surface area contributed by atoms with E-state index in [1.807, 2.05) is 6.92 Å². The molecule has 1 aliphatic heterocycles. The molecule has 0 fully saturated rings. The lowest BCUT2D eigenvalue weighted by atomic mass is 9.81. The van der Waals surface area contributed by atoms with Gasteiger partial charge < -0.3 is 5.32 Å². The second-order valence-electron chi connectivity index (χ2n) is 5.58. The van der Waals surface area contributed by atoms with Crippen molar-refractivity contribution < 1.29 is 18.0 Å². The van der Waals surface area contributed by atoms with E-state index in [2.05, 4.69) is 12.2 Å². The Labute approximate surface area is 122 Å². The zero-order chi connectivity index (χ0) is 15.6. The number of rotatable bonds is 5. The molecule has 0 radical (unpaired) electrons. The fraction of sp³-hybridized carbons (Fsp3) is 0.562. The maximum absolute atomic E-state index is 12.9. The SMILES string of the molecule is CCCCC(CC)C1C(=O)Nc2ccc(C(F)(F)F)cc21. The van der Waals surface area contributed by atoms with Gasteiger partial charge in [-0.15, -0.1) is 0 Å². The van der Waals surface area contributed by atoms with Gasteiger partial charge in [0.2, 0.25) is 5.91 Å². The molecule has 0 saturated carbocycles. The minimum atomic E-state index is -4.38. The number of amides is 1. The highest BCUT2D eigenvalue weighted by atomic mass is 19.4. The Bertz CT molecular complexity index is 525. The van der Waals surface area contributed by atoms with Crippen molar-refractivity contribution in [2.24, 2.45) is 5.92 Å². The van der Waals surface area contributed by atoms with Gasteiger partial charge in [0.25, 0.3) is 0 Å². The number of anilines is 1. The van der Waals surface area contributed by atoms with Crippen molar-refractivity contribution in [3.8, 4) is 0 Å². The van der Waals surface area contributed by atoms with E-state index in [1.54, 1.807) is 0 Å². The Hall–Kier alpha value is -1.52. The third kappa shape index (κ3) is 3.22. The van der Waals surface area contributed by atoms with Crippen LogP contribution in [0.5, 0.6) is 0 Å². The van der Waals surface area contributed by atoms with Crippen molar-refractivity contribution in [1.29, 1.82) is 0 Å². The van der Waals surface area contributed by atoms with Crippen LogP contribution in [0.1, 0.15) is 56.6 Å². The Morgan fingerprint density at radius 3 is 2.57 bits per heavy atom. The molecule has 2 atom stereocenters. The fourth-order valence-electron chi connectivity index (χ4n) is 3.00. The van der Waals surface area contributed by atoms with Gasteiger partial charge in [0.05, 0.1) is 11.5 Å². The quantitative estimate of drug-likeness (QED) is 0.818. The summed E-state index contributed by atoms with van der Waals surface area (Å²) in [6, 6.07) is 3.52. The maximum atomic E-state index is 12.9. The summed E-state index contributed by atoms with van der Waals surface area (Å²) in [6.45, 7) is 4.05. The molecule has 0 aromatic heterocycles. The third-order valence-corrected chi connectivity index (χ3v) is 4.18. The van der Waals surface area contributed by atoms with Crippen molar-refractivity contribution in [2.45, 2.75) is 51.6 Å². The van der Waals surface area contributed by atoms with Gasteiger partial charge >= 0.3 is 6.18 Å². The minimum absolute atomic E-state index is 0.0923. The van der Waals surface area contributed by atoms with Crippen molar-refractivity contribution in [2.75, 3.05) is 5.32 Å². The average Bonchev–Trinajstić information content (AvgIpc) is 2.74. The van der Waals surface area contributed by atoms with Crippen LogP contribution in [0.15, 0.2) is 18.2 Å². The monoisotopic (exact) mass is 299 g/mol. The first-order chi connectivity index (χ1) is 9.88. The van der Waals surface area contributed by atoms with E-state index in [1.165, 1.54) is 6.07 Å². The van der Waals surface area contributed by atoms with Crippen molar-refractivity contribution in [1.82, 2.24) is 0 Å². The lowest BCUT2D eigenvalue weighted by Gasteiger charge is -2.21. The molecule has 1 N–H and O–H groups in total. The number of halogens is 3. The zero-order valence-corrected chi connectivity index (χ0v) is 12.3. The Morgan fingerprint density at radius 1 is 1.29 bits per heavy atom. The first-order valence-electron chi connectivity index (χ1n) is 7.40. The average molecular weight is 299 g/mol. The van der Waals surface area contributed by atoms with Crippen LogP contribution in [0.3, 0.4) is 0 Å². The third-order valence-electron chi connectivity index (χ3n) is 4.18. The summed E-state index contributed by atoms with van der Waals surface area (Å²) in [4.78, 5) is 12.2. The van der Waals surface area contributed by atoms with Gasteiger partial charge in [0, 0.05) is 5.69 Å². The molecule has 1 heterocycles. The van der Waals surface area contributed by atoms with Crippen molar-refractivity contribution in [3.63, 3.8) is 0 Å². The summed E-state index contributed by atoms with van der Waals surface area (Å²) in [6.07, 6.45) is -0.734. The molecule has 1 aromatic carbocycles. The molecule has 0 saturated heterocycles. The van der Waals surface area contributed by atoms with Crippen LogP contribution in [0.25, 0.3) is 0 Å². The van der Waals surface area contributed by atoms with Gasteiger partial charge in [-0.1, -0.05) is 33.1 Å². The number of fused-ring (bicyclic) bond motifs is 1. The topological polar surface area (TPSA) is 29.1 Å². The van der Waals surface area contributed by atoms with Crippen molar-refractivity contribution in [3.05, 3.63) is 29.3 Å². The van der Waals surface area contributed by atoms with Gasteiger partial charge in [-0.25, -0.2) is 0 Å². The number of alkyl halides is 3. The Morgan fingerprint density at radius 2 is 2.00 bits per heavy atom. The van der Waals surface area contributed by atoms with E-state index in [-0.39, 0.29) is 11.8 Å². The molecule has 2 rings (SSSR count). The minimum Gasteiger partial charge on any atom is -0.325 e. The van der Waals surface area contributed by atoms with Gasteiger partial charge in [-0.2, -0.15) is 13.2 Å². The summed E-state index contributed by atoms with van der Waals surface area (Å²) in [7, 11) is 0. The fourth-order valence-corrected chi connectivity index (χ4v) is 3.00. The first-order valence-corrected chi connectivity index (χ1v) is 7.40. The van der Waals surface area contributed by atoms with E-state index in [9.17, 15) is 18.0 Å². The van der Waals surface area contributed by atoms with E-state index in [4.69, 9.17) is 0 Å². The number of unbranched alkanes of at least 4 members (excludes halogenated alkanes) is 1. The second kappa shape index (κ2) is 6.08. The molecule has 1 aromatic rings. The number of carbonyl (C=O) groups excluding carboxylic acids is 1. The van der Waals surface area contributed by atoms with Gasteiger partial charge in [-0.05, 0) is 36.1 Å². The molecule has 1 amide bonds. The molecule has 0 spiro atoms. The zero-order valence-electron chi connectivity index (χ0n) is 12.3. The molecule has 5 heteroatoms. The van der Waals surface area contributed by atoms with E-state index in [0.29, 0.717) is 11.3 Å². The standard InChI is InChI=1S/C16H20F3NO/c1-3-5-6-10(4-2)14-12-9-11(16(17,18)19)7-8-13(12)20-15(14)21/h7-10,14H,3-6H2,1-2H3,(H,20,21). The molecule has 2 unspecified atom stereocenters. The van der Waals surface area contributed by atoms with Crippen LogP contribution >= 0.6 is 0 Å². The summed E-state index contributed by atoms with van der Waals surface area (Å²) in [5, 5.41) is 2.71. The van der Waals surface area contributed by atoms with Crippen LogP contribution in [0.4, 0.5) is 18.9 Å².